The van der Waals surface area contributed by atoms with Crippen LogP contribution in [0.1, 0.15) is 52.5 Å². The number of para-hydroxylation sites is 1. The van der Waals surface area contributed by atoms with Crippen LogP contribution in [0.3, 0.4) is 0 Å². The number of unbranched alkanes of at least 4 members (excludes halogenated alkanes) is 1. The van der Waals surface area contributed by atoms with E-state index in [1.54, 1.807) is 32.9 Å². The Morgan fingerprint density at radius 3 is 2.48 bits per heavy atom. The lowest BCUT2D eigenvalue weighted by Crippen LogP contribution is -2.46. The molecule has 1 rings (SSSR count). The zero-order chi connectivity index (χ0) is 23.4. The molecule has 0 aliphatic rings. The van der Waals surface area contributed by atoms with Crippen LogP contribution in [0, 0.1) is 0 Å². The summed E-state index contributed by atoms with van der Waals surface area (Å²) in [6.07, 6.45) is 4.17. The van der Waals surface area contributed by atoms with E-state index in [0.717, 1.165) is 5.56 Å². The van der Waals surface area contributed by atoms with Crippen LogP contribution in [0.4, 0.5) is 10.5 Å². The molecule has 9 heteroatoms. The highest BCUT2D eigenvalue weighted by molar-refractivity contribution is 5.98. The number of nitrogens with one attached hydrogen (secondary N) is 3. The van der Waals surface area contributed by atoms with E-state index in [2.05, 4.69) is 16.0 Å². The number of anilines is 1. The van der Waals surface area contributed by atoms with Gasteiger partial charge in [-0.05, 0) is 52.2 Å². The minimum absolute atomic E-state index is 0.0999. The molecule has 0 aliphatic heterocycles. The Balaban J connectivity index is 2.55. The molecular weight excluding hydrogens is 402 g/mol. The zero-order valence-electron chi connectivity index (χ0n) is 18.4. The van der Waals surface area contributed by atoms with Gasteiger partial charge in [-0.15, -0.1) is 0 Å². The Kier molecular flexibility index (Phi) is 10.2. The molecule has 0 fully saturated rings. The fourth-order valence-corrected chi connectivity index (χ4v) is 2.40. The van der Waals surface area contributed by atoms with Gasteiger partial charge in [0, 0.05) is 12.1 Å². The quantitative estimate of drug-likeness (QED) is 0.419. The average Bonchev–Trinajstić information content (AvgIpc) is 2.65. The SMILES string of the molecule is C[C@@H](NC(=O)CNC(=O)OC(C)(C)C)C(=O)Nc1ccccc1/C=C/CCCC(=O)O. The molecule has 0 unspecified atom stereocenters. The number of amides is 3. The molecule has 1 atom stereocenters. The fraction of sp³-hybridized carbons (Fsp3) is 0.455. The summed E-state index contributed by atoms with van der Waals surface area (Å²) in [5, 5.41) is 16.3. The van der Waals surface area contributed by atoms with E-state index in [4.69, 9.17) is 9.84 Å². The number of ether oxygens (including phenoxy) is 1. The summed E-state index contributed by atoms with van der Waals surface area (Å²) in [5.74, 6) is -1.78. The summed E-state index contributed by atoms with van der Waals surface area (Å²) in [5.41, 5.74) is 0.650. The minimum Gasteiger partial charge on any atom is -0.481 e. The van der Waals surface area contributed by atoms with Gasteiger partial charge in [-0.2, -0.15) is 0 Å². The molecule has 3 amide bonds. The summed E-state index contributed by atoms with van der Waals surface area (Å²) in [6.45, 7) is 6.35. The van der Waals surface area contributed by atoms with E-state index in [0.29, 0.717) is 18.5 Å². The summed E-state index contributed by atoms with van der Waals surface area (Å²) in [4.78, 5) is 46.6. The molecular formula is C22H31N3O6. The number of rotatable bonds is 10. The number of carboxylic acid groups (broad SMARTS) is 1. The number of carbonyl (C=O) groups excluding carboxylic acids is 3. The maximum Gasteiger partial charge on any atom is 0.408 e. The predicted octanol–water partition coefficient (Wildman–Crippen LogP) is 2.92. The van der Waals surface area contributed by atoms with E-state index < -0.39 is 35.5 Å². The first-order chi connectivity index (χ1) is 14.5. The molecule has 0 heterocycles. The van der Waals surface area contributed by atoms with Crippen molar-refractivity contribution in [3.05, 3.63) is 35.9 Å². The van der Waals surface area contributed by atoms with E-state index in [9.17, 15) is 19.2 Å². The highest BCUT2D eigenvalue weighted by atomic mass is 16.6. The molecule has 0 aromatic heterocycles. The standard InChI is InChI=1S/C22H31N3O6/c1-15(24-18(26)14-23-21(30)31-22(2,3)4)20(29)25-17-12-9-8-11-16(17)10-6-5-7-13-19(27)28/h6,8-12,15H,5,7,13-14H2,1-4H3,(H,23,30)(H,24,26)(H,25,29)(H,27,28)/b10-6+/t15-/m1/s1. The second-order valence-corrected chi connectivity index (χ2v) is 7.91. The zero-order valence-corrected chi connectivity index (χ0v) is 18.4. The number of carbonyl (C=O) groups is 4. The predicted molar refractivity (Wildman–Crippen MR) is 117 cm³/mol. The van der Waals surface area contributed by atoms with E-state index in [1.165, 1.54) is 6.92 Å². The van der Waals surface area contributed by atoms with Crippen LogP contribution in [0.2, 0.25) is 0 Å². The van der Waals surface area contributed by atoms with Gasteiger partial charge < -0.3 is 25.8 Å². The number of alkyl carbamates (subject to hydrolysis) is 1. The third kappa shape index (κ3) is 11.4. The molecule has 1 aromatic carbocycles. The lowest BCUT2D eigenvalue weighted by atomic mass is 10.1. The number of carboxylic acids is 1. The van der Waals surface area contributed by atoms with E-state index in [1.807, 2.05) is 24.3 Å². The fourth-order valence-electron chi connectivity index (χ4n) is 2.40. The van der Waals surface area contributed by atoms with Gasteiger partial charge in [0.15, 0.2) is 0 Å². The minimum atomic E-state index is -0.835. The van der Waals surface area contributed by atoms with Crippen LogP contribution >= 0.6 is 0 Å². The lowest BCUT2D eigenvalue weighted by Gasteiger charge is -2.20. The van der Waals surface area contributed by atoms with Gasteiger partial charge in [0.1, 0.15) is 18.2 Å². The van der Waals surface area contributed by atoms with Crippen molar-refractivity contribution in [2.75, 3.05) is 11.9 Å². The number of hydrogen-bond donors (Lipinski definition) is 4. The van der Waals surface area contributed by atoms with Gasteiger partial charge >= 0.3 is 12.1 Å². The maximum atomic E-state index is 12.4. The van der Waals surface area contributed by atoms with Gasteiger partial charge in [-0.3, -0.25) is 14.4 Å². The number of allylic oxidation sites excluding steroid dienone is 1. The van der Waals surface area contributed by atoms with Crippen molar-refractivity contribution in [1.29, 1.82) is 0 Å². The van der Waals surface area contributed by atoms with Crippen molar-refractivity contribution in [2.45, 2.75) is 58.6 Å². The number of aliphatic carboxylic acids is 1. The summed E-state index contributed by atoms with van der Waals surface area (Å²) >= 11 is 0. The molecule has 0 radical (unpaired) electrons. The normalized spacial score (nSPS) is 12.1. The van der Waals surface area contributed by atoms with E-state index in [-0.39, 0.29) is 13.0 Å². The Morgan fingerprint density at radius 1 is 1.16 bits per heavy atom. The molecule has 31 heavy (non-hydrogen) atoms. The van der Waals surface area contributed by atoms with Crippen molar-refractivity contribution < 1.29 is 29.0 Å². The van der Waals surface area contributed by atoms with Crippen LogP contribution < -0.4 is 16.0 Å². The second-order valence-electron chi connectivity index (χ2n) is 7.91. The lowest BCUT2D eigenvalue weighted by molar-refractivity contribution is -0.137. The highest BCUT2D eigenvalue weighted by Crippen LogP contribution is 2.17. The Hall–Kier alpha value is -3.36. The molecule has 4 N–H and O–H groups in total. The monoisotopic (exact) mass is 433 g/mol. The number of hydrogen-bond acceptors (Lipinski definition) is 5. The van der Waals surface area contributed by atoms with Crippen LogP contribution in [-0.4, -0.2) is 47.2 Å². The van der Waals surface area contributed by atoms with Crippen molar-refractivity contribution in [2.24, 2.45) is 0 Å². The van der Waals surface area contributed by atoms with Gasteiger partial charge in [0.05, 0.1) is 0 Å². The largest absolute Gasteiger partial charge is 0.481 e. The topological polar surface area (TPSA) is 134 Å². The Morgan fingerprint density at radius 2 is 1.84 bits per heavy atom. The van der Waals surface area contributed by atoms with Crippen molar-refractivity contribution >= 4 is 35.6 Å². The third-order valence-electron chi connectivity index (χ3n) is 3.84. The van der Waals surface area contributed by atoms with Gasteiger partial charge in [0.2, 0.25) is 11.8 Å². The summed E-state index contributed by atoms with van der Waals surface area (Å²) in [7, 11) is 0. The maximum absolute atomic E-state index is 12.4. The van der Waals surface area contributed by atoms with Crippen LogP contribution in [0.5, 0.6) is 0 Å². The first-order valence-electron chi connectivity index (χ1n) is 10.0. The molecule has 0 aliphatic carbocycles. The Labute approximate surface area is 182 Å². The Bertz CT molecular complexity index is 814. The molecule has 0 saturated heterocycles. The molecule has 0 saturated carbocycles. The summed E-state index contributed by atoms with van der Waals surface area (Å²) in [6, 6.07) is 6.30. The average molecular weight is 434 g/mol. The first-order valence-corrected chi connectivity index (χ1v) is 10.0. The molecule has 170 valence electrons. The van der Waals surface area contributed by atoms with Crippen molar-refractivity contribution in [1.82, 2.24) is 10.6 Å². The van der Waals surface area contributed by atoms with E-state index >= 15 is 0 Å². The van der Waals surface area contributed by atoms with Gasteiger partial charge in [-0.1, -0.05) is 30.4 Å². The third-order valence-corrected chi connectivity index (χ3v) is 3.84. The van der Waals surface area contributed by atoms with Crippen molar-refractivity contribution in [3.8, 4) is 0 Å². The first kappa shape index (κ1) is 25.7. The smallest absolute Gasteiger partial charge is 0.408 e. The second kappa shape index (κ2) is 12.4. The summed E-state index contributed by atoms with van der Waals surface area (Å²) < 4.78 is 5.05. The molecule has 0 spiro atoms. The van der Waals surface area contributed by atoms with Crippen molar-refractivity contribution in [3.63, 3.8) is 0 Å². The highest BCUT2D eigenvalue weighted by Gasteiger charge is 2.19. The van der Waals surface area contributed by atoms with Crippen LogP contribution in [-0.2, 0) is 19.1 Å². The molecule has 9 nitrogen and oxygen atoms in total. The van der Waals surface area contributed by atoms with Gasteiger partial charge in [-0.25, -0.2) is 4.79 Å². The van der Waals surface area contributed by atoms with Crippen LogP contribution in [0.15, 0.2) is 30.3 Å². The van der Waals surface area contributed by atoms with Gasteiger partial charge in [0.25, 0.3) is 0 Å². The molecule has 0 bridgehead atoms. The van der Waals surface area contributed by atoms with Crippen LogP contribution in [0.25, 0.3) is 6.08 Å². The number of benzene rings is 1. The molecule has 1 aromatic rings.